The molecular weight excluding hydrogens is 402 g/mol. The van der Waals surface area contributed by atoms with E-state index in [-0.39, 0.29) is 16.2 Å². The highest BCUT2D eigenvalue weighted by Gasteiger charge is 2.27. The zero-order chi connectivity index (χ0) is 20.3. The number of phenolic OH excluding ortho intramolecular Hbond substituents is 1. The van der Waals surface area contributed by atoms with Crippen molar-refractivity contribution < 1.29 is 18.3 Å². The van der Waals surface area contributed by atoms with E-state index in [2.05, 4.69) is 10.5 Å². The average molecular weight is 422 g/mol. The standard InChI is InChI=1S/C19H20ClN3O4S/c1-13(17-12-15(20)7-8-18(17)24)21-22-19(25)14-5-4-6-16(11-14)28(26,27)23-9-2-3-10-23/h4-8,11-12,24H,2-3,9-10H2,1H3,(H,22,25)/b21-13+. The van der Waals surface area contributed by atoms with Crippen molar-refractivity contribution in [1.29, 1.82) is 0 Å². The molecule has 2 aromatic carbocycles. The summed E-state index contributed by atoms with van der Waals surface area (Å²) >= 11 is 5.92. The first-order valence-corrected chi connectivity index (χ1v) is 10.5. The zero-order valence-corrected chi connectivity index (χ0v) is 16.8. The summed E-state index contributed by atoms with van der Waals surface area (Å²) in [4.78, 5) is 12.5. The molecule has 0 spiro atoms. The number of hydrazone groups is 1. The predicted molar refractivity (Wildman–Crippen MR) is 107 cm³/mol. The summed E-state index contributed by atoms with van der Waals surface area (Å²) < 4.78 is 26.7. The summed E-state index contributed by atoms with van der Waals surface area (Å²) in [5.74, 6) is -0.571. The molecule has 0 unspecified atom stereocenters. The van der Waals surface area contributed by atoms with Crippen LogP contribution in [0.1, 0.15) is 35.7 Å². The van der Waals surface area contributed by atoms with Crippen molar-refractivity contribution in [3.8, 4) is 5.75 Å². The van der Waals surface area contributed by atoms with Gasteiger partial charge in [0.05, 0.1) is 10.6 Å². The molecule has 0 bridgehead atoms. The highest BCUT2D eigenvalue weighted by atomic mass is 35.5. The van der Waals surface area contributed by atoms with Gasteiger partial charge in [-0.1, -0.05) is 17.7 Å². The summed E-state index contributed by atoms with van der Waals surface area (Å²) in [6, 6.07) is 10.4. The number of amides is 1. The number of benzene rings is 2. The molecule has 1 saturated heterocycles. The van der Waals surface area contributed by atoms with Crippen molar-refractivity contribution in [1.82, 2.24) is 9.73 Å². The lowest BCUT2D eigenvalue weighted by Gasteiger charge is -2.15. The third-order valence-electron chi connectivity index (χ3n) is 4.47. The van der Waals surface area contributed by atoms with Crippen LogP contribution >= 0.6 is 11.6 Å². The van der Waals surface area contributed by atoms with Crippen molar-refractivity contribution in [2.75, 3.05) is 13.1 Å². The molecule has 2 N–H and O–H groups in total. The number of sulfonamides is 1. The van der Waals surface area contributed by atoms with Crippen LogP contribution in [-0.2, 0) is 10.0 Å². The first-order valence-electron chi connectivity index (χ1n) is 8.73. The Kier molecular flexibility index (Phi) is 6.02. The van der Waals surface area contributed by atoms with Gasteiger partial charge in [-0.25, -0.2) is 13.8 Å². The second-order valence-corrected chi connectivity index (χ2v) is 8.81. The SMILES string of the molecule is C/C(=N\NC(=O)c1cccc(S(=O)(=O)N2CCCC2)c1)c1cc(Cl)ccc1O. The average Bonchev–Trinajstić information content (AvgIpc) is 3.23. The fraction of sp³-hybridized carbons (Fsp3) is 0.263. The van der Waals surface area contributed by atoms with Gasteiger partial charge in [0.25, 0.3) is 5.91 Å². The van der Waals surface area contributed by atoms with Gasteiger partial charge in [-0.3, -0.25) is 4.79 Å². The Balaban J connectivity index is 1.79. The number of phenols is 1. The number of aromatic hydroxyl groups is 1. The topological polar surface area (TPSA) is 99.1 Å². The maximum Gasteiger partial charge on any atom is 0.271 e. The normalized spacial score (nSPS) is 15.6. The fourth-order valence-corrected chi connectivity index (χ4v) is 4.67. The van der Waals surface area contributed by atoms with E-state index < -0.39 is 15.9 Å². The summed E-state index contributed by atoms with van der Waals surface area (Å²) in [5.41, 5.74) is 3.29. The quantitative estimate of drug-likeness (QED) is 0.572. The Hall–Kier alpha value is -2.42. The molecule has 0 aromatic heterocycles. The van der Waals surface area contributed by atoms with Gasteiger partial charge in [0, 0.05) is 29.2 Å². The number of hydrogen-bond acceptors (Lipinski definition) is 5. The number of hydrogen-bond donors (Lipinski definition) is 2. The molecule has 0 saturated carbocycles. The lowest BCUT2D eigenvalue weighted by Crippen LogP contribution is -2.28. The van der Waals surface area contributed by atoms with Gasteiger partial charge >= 0.3 is 0 Å². The first kappa shape index (κ1) is 20.3. The minimum absolute atomic E-state index is 0.0152. The monoisotopic (exact) mass is 421 g/mol. The summed E-state index contributed by atoms with van der Waals surface area (Å²) in [7, 11) is -3.61. The molecule has 0 atom stereocenters. The van der Waals surface area contributed by atoms with Crippen LogP contribution in [0.5, 0.6) is 5.75 Å². The van der Waals surface area contributed by atoms with Crippen molar-refractivity contribution in [3.63, 3.8) is 0 Å². The first-order chi connectivity index (χ1) is 13.3. The number of halogens is 1. The maximum absolute atomic E-state index is 12.7. The van der Waals surface area contributed by atoms with E-state index in [0.29, 0.717) is 29.4 Å². The van der Waals surface area contributed by atoms with Crippen molar-refractivity contribution >= 4 is 33.2 Å². The molecule has 1 fully saturated rings. The van der Waals surface area contributed by atoms with Crippen LogP contribution in [0.15, 0.2) is 52.5 Å². The molecule has 9 heteroatoms. The van der Waals surface area contributed by atoms with E-state index in [1.54, 1.807) is 13.0 Å². The molecule has 1 aliphatic rings. The van der Waals surface area contributed by atoms with Crippen LogP contribution in [0, 0.1) is 0 Å². The van der Waals surface area contributed by atoms with E-state index in [9.17, 15) is 18.3 Å². The van der Waals surface area contributed by atoms with Crippen LogP contribution in [0.3, 0.4) is 0 Å². The number of rotatable bonds is 5. The molecular formula is C19H20ClN3O4S. The smallest absolute Gasteiger partial charge is 0.271 e. The molecule has 7 nitrogen and oxygen atoms in total. The lowest BCUT2D eigenvalue weighted by atomic mass is 10.1. The van der Waals surface area contributed by atoms with Crippen LogP contribution in [0.2, 0.25) is 5.02 Å². The highest BCUT2D eigenvalue weighted by Crippen LogP contribution is 2.23. The minimum atomic E-state index is -3.61. The van der Waals surface area contributed by atoms with Crippen LogP contribution in [0.4, 0.5) is 0 Å². The van der Waals surface area contributed by atoms with Gasteiger partial charge in [-0.2, -0.15) is 9.41 Å². The molecule has 0 aliphatic carbocycles. The van der Waals surface area contributed by atoms with Gasteiger partial charge in [-0.05, 0) is 56.2 Å². The number of nitrogens with zero attached hydrogens (tertiary/aromatic N) is 2. The molecule has 1 amide bonds. The summed E-state index contributed by atoms with van der Waals surface area (Å²) in [6.07, 6.45) is 1.67. The van der Waals surface area contributed by atoms with Crippen LogP contribution < -0.4 is 5.43 Å². The van der Waals surface area contributed by atoms with Gasteiger partial charge in [0.1, 0.15) is 5.75 Å². The van der Waals surface area contributed by atoms with Gasteiger partial charge in [-0.15, -0.1) is 0 Å². The fourth-order valence-electron chi connectivity index (χ4n) is 2.93. The summed E-state index contributed by atoms with van der Waals surface area (Å²) in [5, 5.41) is 14.3. The largest absolute Gasteiger partial charge is 0.507 e. The van der Waals surface area contributed by atoms with Gasteiger partial charge in [0.2, 0.25) is 10.0 Å². The Bertz CT molecular complexity index is 1030. The number of carbonyl (C=O) groups excluding carboxylic acids is 1. The Labute approximate surface area is 168 Å². The molecule has 1 aliphatic heterocycles. The van der Waals surface area contributed by atoms with Gasteiger partial charge in [0.15, 0.2) is 0 Å². The van der Waals surface area contributed by atoms with E-state index in [4.69, 9.17) is 11.6 Å². The zero-order valence-electron chi connectivity index (χ0n) is 15.2. The molecule has 2 aromatic rings. The number of nitrogens with one attached hydrogen (secondary N) is 1. The maximum atomic E-state index is 12.7. The Morgan fingerprint density at radius 1 is 1.18 bits per heavy atom. The minimum Gasteiger partial charge on any atom is -0.507 e. The van der Waals surface area contributed by atoms with Crippen molar-refractivity contribution in [2.24, 2.45) is 5.10 Å². The van der Waals surface area contributed by atoms with Gasteiger partial charge < -0.3 is 5.11 Å². The highest BCUT2D eigenvalue weighted by molar-refractivity contribution is 7.89. The van der Waals surface area contributed by atoms with E-state index in [0.717, 1.165) is 12.8 Å². The second kappa shape index (κ2) is 8.30. The third-order valence-corrected chi connectivity index (χ3v) is 6.60. The third kappa shape index (κ3) is 4.35. The lowest BCUT2D eigenvalue weighted by molar-refractivity contribution is 0.0954. The Morgan fingerprint density at radius 2 is 1.89 bits per heavy atom. The molecule has 3 rings (SSSR count). The number of carbonyl (C=O) groups is 1. The molecule has 148 valence electrons. The second-order valence-electron chi connectivity index (χ2n) is 6.44. The van der Waals surface area contributed by atoms with E-state index in [1.165, 1.54) is 40.7 Å². The molecule has 28 heavy (non-hydrogen) atoms. The van der Waals surface area contributed by atoms with Crippen LogP contribution in [0.25, 0.3) is 0 Å². The van der Waals surface area contributed by atoms with E-state index >= 15 is 0 Å². The van der Waals surface area contributed by atoms with E-state index in [1.807, 2.05) is 0 Å². The summed E-state index contributed by atoms with van der Waals surface area (Å²) in [6.45, 7) is 2.59. The predicted octanol–water partition coefficient (Wildman–Crippen LogP) is 2.98. The van der Waals surface area contributed by atoms with Crippen LogP contribution in [-0.4, -0.2) is 42.5 Å². The molecule has 1 heterocycles. The van der Waals surface area contributed by atoms with Crippen molar-refractivity contribution in [2.45, 2.75) is 24.7 Å². The molecule has 0 radical (unpaired) electrons. The Morgan fingerprint density at radius 3 is 2.61 bits per heavy atom. The van der Waals surface area contributed by atoms with Crippen molar-refractivity contribution in [3.05, 3.63) is 58.6 Å².